The molecule has 19 heavy (non-hydrogen) atoms. The zero-order chi connectivity index (χ0) is 13.7. The van der Waals surface area contributed by atoms with E-state index in [0.717, 1.165) is 25.7 Å². The summed E-state index contributed by atoms with van der Waals surface area (Å²) in [7, 11) is -2.03. The first-order chi connectivity index (χ1) is 9.12. The lowest BCUT2D eigenvalue weighted by molar-refractivity contribution is -0.0186. The summed E-state index contributed by atoms with van der Waals surface area (Å²) in [5.74, 6) is 0. The molecule has 0 aromatic carbocycles. The number of nitrogens with one attached hydrogen (secondary N) is 1. The fourth-order valence-electron chi connectivity index (χ4n) is 2.35. The molecule has 0 radical (unpaired) electrons. The predicted octanol–water partition coefficient (Wildman–Crippen LogP) is 1.48. The standard InChI is InChI=1S/C10H19IN2O4S2/c11-18-17-8-10-4-3-9(7-16-10)12-19(14,15)13-5-1-2-6-13/h9-10,12H,1-8H2/t9-,10+/m1/s1. The van der Waals surface area contributed by atoms with Crippen LogP contribution in [0.1, 0.15) is 25.7 Å². The summed E-state index contributed by atoms with van der Waals surface area (Å²) in [6, 6.07) is -0.117. The van der Waals surface area contributed by atoms with E-state index in [0.29, 0.717) is 26.3 Å². The molecular formula is C10H19IN2O4S2. The summed E-state index contributed by atoms with van der Waals surface area (Å²) >= 11 is 2.07. The van der Waals surface area contributed by atoms with Gasteiger partial charge in [0.2, 0.25) is 0 Å². The molecule has 2 fully saturated rings. The van der Waals surface area contributed by atoms with Crippen LogP contribution in [0, 0.1) is 0 Å². The Bertz CT molecular complexity index is 368. The molecule has 2 atom stereocenters. The summed E-state index contributed by atoms with van der Waals surface area (Å²) < 4.78 is 39.3. The lowest BCUT2D eigenvalue weighted by Gasteiger charge is -2.30. The molecule has 2 heterocycles. The van der Waals surface area contributed by atoms with Gasteiger partial charge in [0.25, 0.3) is 10.2 Å². The van der Waals surface area contributed by atoms with Crippen LogP contribution in [0.3, 0.4) is 0 Å². The van der Waals surface area contributed by atoms with Crippen molar-refractivity contribution in [3.05, 3.63) is 0 Å². The van der Waals surface area contributed by atoms with Crippen LogP contribution >= 0.6 is 30.4 Å². The number of hydrogen-bond donors (Lipinski definition) is 1. The highest BCUT2D eigenvalue weighted by atomic mass is 127. The van der Waals surface area contributed by atoms with E-state index in [2.05, 4.69) is 25.9 Å². The molecule has 2 rings (SSSR count). The highest BCUT2D eigenvalue weighted by molar-refractivity contribution is 14.2. The monoisotopic (exact) mass is 422 g/mol. The Balaban J connectivity index is 1.75. The SMILES string of the molecule is O=S(=O)(N[C@@H]1CC[C@@H](COSI)OC1)N1CCCC1. The summed E-state index contributed by atoms with van der Waals surface area (Å²) in [5.41, 5.74) is 0. The first kappa shape index (κ1) is 16.2. The Morgan fingerprint density at radius 2 is 2.11 bits per heavy atom. The molecule has 1 N–H and O–H groups in total. The number of rotatable bonds is 6. The molecule has 112 valence electrons. The van der Waals surface area contributed by atoms with E-state index in [1.54, 1.807) is 0 Å². The van der Waals surface area contributed by atoms with Gasteiger partial charge in [-0.25, -0.2) is 0 Å². The van der Waals surface area contributed by atoms with Crippen LogP contribution in [-0.4, -0.2) is 51.2 Å². The van der Waals surface area contributed by atoms with E-state index < -0.39 is 10.2 Å². The summed E-state index contributed by atoms with van der Waals surface area (Å²) in [6.45, 7) is 2.24. The van der Waals surface area contributed by atoms with E-state index in [-0.39, 0.29) is 12.1 Å². The Labute approximate surface area is 130 Å². The maximum atomic E-state index is 12.1. The Morgan fingerprint density at radius 1 is 1.37 bits per heavy atom. The summed E-state index contributed by atoms with van der Waals surface area (Å²) in [5, 5.41) is 0. The van der Waals surface area contributed by atoms with Crippen LogP contribution in [-0.2, 0) is 19.1 Å². The minimum absolute atomic E-state index is 0.0785. The van der Waals surface area contributed by atoms with Gasteiger partial charge in [-0.2, -0.15) is 17.4 Å². The minimum Gasteiger partial charge on any atom is -0.374 e. The third-order valence-corrected chi connectivity index (χ3v) is 6.05. The zero-order valence-corrected chi connectivity index (χ0v) is 14.4. The van der Waals surface area contributed by atoms with Gasteiger partial charge in [-0.1, -0.05) is 0 Å². The lowest BCUT2D eigenvalue weighted by Crippen LogP contribution is -2.48. The van der Waals surface area contributed by atoms with Gasteiger partial charge in [0, 0.05) is 40.3 Å². The molecule has 0 saturated carbocycles. The van der Waals surface area contributed by atoms with E-state index >= 15 is 0 Å². The molecule has 0 aromatic rings. The van der Waals surface area contributed by atoms with E-state index in [1.165, 1.54) is 13.5 Å². The van der Waals surface area contributed by atoms with E-state index in [9.17, 15) is 8.42 Å². The van der Waals surface area contributed by atoms with Crippen molar-refractivity contribution >= 4 is 40.6 Å². The van der Waals surface area contributed by atoms with Crippen LogP contribution in [0.25, 0.3) is 0 Å². The van der Waals surface area contributed by atoms with Crippen LogP contribution in [0.2, 0.25) is 0 Å². The Morgan fingerprint density at radius 3 is 2.68 bits per heavy atom. The maximum Gasteiger partial charge on any atom is 0.279 e. The highest BCUT2D eigenvalue weighted by Gasteiger charge is 2.30. The Hall–Kier alpha value is 0.870. The topological polar surface area (TPSA) is 67.9 Å². The zero-order valence-electron chi connectivity index (χ0n) is 10.6. The third-order valence-electron chi connectivity index (χ3n) is 3.39. The molecule has 2 saturated heterocycles. The molecule has 0 aromatic heterocycles. The molecule has 0 spiro atoms. The number of ether oxygens (including phenoxy) is 1. The third kappa shape index (κ3) is 4.97. The van der Waals surface area contributed by atoms with E-state index in [4.69, 9.17) is 8.92 Å². The van der Waals surface area contributed by atoms with Gasteiger partial charge < -0.3 is 8.92 Å². The molecular weight excluding hydrogens is 403 g/mol. The van der Waals surface area contributed by atoms with Crippen LogP contribution in [0.5, 0.6) is 0 Å². The maximum absolute atomic E-state index is 12.1. The quantitative estimate of drug-likeness (QED) is 0.519. The van der Waals surface area contributed by atoms with Gasteiger partial charge in [-0.3, -0.25) is 0 Å². The predicted molar refractivity (Wildman–Crippen MR) is 83.2 cm³/mol. The molecule has 0 amide bonds. The molecule has 9 heteroatoms. The summed E-state index contributed by atoms with van der Waals surface area (Å²) in [4.78, 5) is 0. The molecule has 0 aliphatic carbocycles. The van der Waals surface area contributed by atoms with Gasteiger partial charge in [-0.15, -0.1) is 0 Å². The first-order valence-corrected chi connectivity index (χ1v) is 11.1. The van der Waals surface area contributed by atoms with Crippen molar-refractivity contribution in [3.8, 4) is 0 Å². The fourth-order valence-corrected chi connectivity index (χ4v) is 4.48. The molecule has 0 unspecified atom stereocenters. The highest BCUT2D eigenvalue weighted by Crippen LogP contribution is 2.20. The lowest BCUT2D eigenvalue weighted by atomic mass is 10.1. The van der Waals surface area contributed by atoms with Crippen molar-refractivity contribution in [3.63, 3.8) is 0 Å². The largest absolute Gasteiger partial charge is 0.374 e. The molecule has 6 nitrogen and oxygen atoms in total. The van der Waals surface area contributed by atoms with Crippen molar-refractivity contribution < 1.29 is 17.3 Å². The van der Waals surface area contributed by atoms with Gasteiger partial charge in [0.15, 0.2) is 0 Å². The fraction of sp³-hybridized carbons (Fsp3) is 1.00. The number of hydrogen-bond acceptors (Lipinski definition) is 5. The van der Waals surface area contributed by atoms with Crippen LogP contribution < -0.4 is 4.72 Å². The van der Waals surface area contributed by atoms with Crippen molar-refractivity contribution in [2.24, 2.45) is 0 Å². The molecule has 0 bridgehead atoms. The second-order valence-corrected chi connectivity index (χ2v) is 7.95. The number of nitrogens with zero attached hydrogens (tertiary/aromatic N) is 1. The van der Waals surface area contributed by atoms with Crippen LogP contribution in [0.15, 0.2) is 0 Å². The average molecular weight is 422 g/mol. The average Bonchev–Trinajstić information content (AvgIpc) is 2.92. The van der Waals surface area contributed by atoms with Crippen molar-refractivity contribution in [2.45, 2.75) is 37.8 Å². The van der Waals surface area contributed by atoms with Gasteiger partial charge in [0.1, 0.15) is 0 Å². The Kier molecular flexibility index (Phi) is 6.63. The van der Waals surface area contributed by atoms with E-state index in [1.807, 2.05) is 0 Å². The van der Waals surface area contributed by atoms with Crippen LogP contribution in [0.4, 0.5) is 0 Å². The van der Waals surface area contributed by atoms with Gasteiger partial charge in [0.05, 0.1) is 28.5 Å². The second kappa shape index (κ2) is 7.76. The normalized spacial score (nSPS) is 29.7. The number of halogens is 1. The molecule has 2 aliphatic rings. The van der Waals surface area contributed by atoms with Gasteiger partial charge in [-0.05, 0) is 25.7 Å². The van der Waals surface area contributed by atoms with Crippen molar-refractivity contribution in [1.29, 1.82) is 0 Å². The smallest absolute Gasteiger partial charge is 0.279 e. The molecule has 2 aliphatic heterocycles. The van der Waals surface area contributed by atoms with Gasteiger partial charge >= 0.3 is 0 Å². The second-order valence-electron chi connectivity index (χ2n) is 4.81. The first-order valence-electron chi connectivity index (χ1n) is 6.41. The minimum atomic E-state index is -3.33. The van der Waals surface area contributed by atoms with Crippen molar-refractivity contribution in [2.75, 3.05) is 26.3 Å². The summed E-state index contributed by atoms with van der Waals surface area (Å²) in [6.07, 6.45) is 3.61. The van der Waals surface area contributed by atoms with Crippen molar-refractivity contribution in [1.82, 2.24) is 9.03 Å².